The molecule has 0 aliphatic heterocycles. The quantitative estimate of drug-likeness (QED) is 0.361. The first-order valence-corrected chi connectivity index (χ1v) is 10.1. The minimum Gasteiger partial charge on any atom is -0.408 e. The van der Waals surface area contributed by atoms with Gasteiger partial charge in [-0.15, -0.1) is 0 Å². The molecule has 0 atom stereocenters. The molecule has 3 heterocycles. The molecule has 0 unspecified atom stereocenters. The van der Waals surface area contributed by atoms with Crippen LogP contribution in [0, 0.1) is 13.8 Å². The van der Waals surface area contributed by atoms with E-state index >= 15 is 0 Å². The number of H-pyrrole nitrogens is 1. The largest absolute Gasteiger partial charge is 0.417 e. The molecule has 0 amide bonds. The Hall–Kier alpha value is -4.46. The third-order valence-corrected chi connectivity index (χ3v) is 5.14. The van der Waals surface area contributed by atoms with Gasteiger partial charge in [-0.1, -0.05) is 6.07 Å². The maximum Gasteiger partial charge on any atom is 0.417 e. The molecule has 5 rings (SSSR count). The fourth-order valence-electron chi connectivity index (χ4n) is 3.47. The molecule has 5 aromatic rings. The lowest BCUT2D eigenvalue weighted by molar-refractivity contribution is 0.555. The number of benzene rings is 2. The second-order valence-corrected chi connectivity index (χ2v) is 7.47. The first-order chi connectivity index (χ1) is 15.5. The zero-order chi connectivity index (χ0) is 22.1. The number of aryl methyl sites for hydroxylation is 2. The highest BCUT2D eigenvalue weighted by molar-refractivity contribution is 5.78. The summed E-state index contributed by atoms with van der Waals surface area (Å²) >= 11 is 0. The molecule has 3 N–H and O–H groups in total. The van der Waals surface area contributed by atoms with Gasteiger partial charge in [0.1, 0.15) is 5.82 Å². The molecule has 0 aliphatic rings. The summed E-state index contributed by atoms with van der Waals surface area (Å²) < 4.78 is 5.05. The number of nitrogens with one attached hydrogen (secondary N) is 3. The van der Waals surface area contributed by atoms with Crippen LogP contribution in [0.15, 0.2) is 76.3 Å². The number of oxazole rings is 1. The molecule has 0 radical (unpaired) electrons. The maximum atomic E-state index is 11.4. The van der Waals surface area contributed by atoms with Gasteiger partial charge in [0, 0.05) is 35.5 Å². The maximum absolute atomic E-state index is 11.4. The van der Waals surface area contributed by atoms with Crippen molar-refractivity contribution in [2.24, 2.45) is 0 Å². The molecule has 0 bridgehead atoms. The predicted octanol–water partition coefficient (Wildman–Crippen LogP) is 5.08. The second kappa shape index (κ2) is 7.99. The molecule has 0 saturated carbocycles. The summed E-state index contributed by atoms with van der Waals surface area (Å²) in [5, 5.41) is 6.57. The molecule has 3 aromatic heterocycles. The molecule has 158 valence electrons. The van der Waals surface area contributed by atoms with E-state index in [4.69, 9.17) is 4.42 Å². The summed E-state index contributed by atoms with van der Waals surface area (Å²) in [4.78, 5) is 27.2. The van der Waals surface area contributed by atoms with E-state index in [2.05, 4.69) is 49.6 Å². The highest BCUT2D eigenvalue weighted by Crippen LogP contribution is 2.28. The van der Waals surface area contributed by atoms with Gasteiger partial charge in [0.2, 0.25) is 5.95 Å². The van der Waals surface area contributed by atoms with Crippen molar-refractivity contribution >= 4 is 34.2 Å². The lowest BCUT2D eigenvalue weighted by atomic mass is 10.0. The molecular weight excluding hydrogens is 404 g/mol. The zero-order valence-corrected chi connectivity index (χ0v) is 17.5. The van der Waals surface area contributed by atoms with Crippen LogP contribution in [0.4, 0.5) is 23.1 Å². The molecule has 0 spiro atoms. The lowest BCUT2D eigenvalue weighted by Crippen LogP contribution is -2.03. The van der Waals surface area contributed by atoms with Crippen LogP contribution in [0.1, 0.15) is 11.1 Å². The number of nitrogens with zero attached hydrogens (tertiary/aromatic N) is 3. The lowest BCUT2D eigenvalue weighted by Gasteiger charge is -2.13. The Bertz CT molecular complexity index is 1470. The van der Waals surface area contributed by atoms with E-state index in [9.17, 15) is 4.79 Å². The van der Waals surface area contributed by atoms with Crippen molar-refractivity contribution < 1.29 is 4.42 Å². The van der Waals surface area contributed by atoms with E-state index in [1.54, 1.807) is 30.7 Å². The predicted molar refractivity (Wildman–Crippen MR) is 125 cm³/mol. The van der Waals surface area contributed by atoms with Gasteiger partial charge in [-0.3, -0.25) is 9.97 Å². The third kappa shape index (κ3) is 3.93. The van der Waals surface area contributed by atoms with Crippen molar-refractivity contribution in [3.63, 3.8) is 0 Å². The minimum atomic E-state index is -0.480. The van der Waals surface area contributed by atoms with E-state index in [-0.39, 0.29) is 0 Å². The highest BCUT2D eigenvalue weighted by atomic mass is 16.4. The summed E-state index contributed by atoms with van der Waals surface area (Å²) in [6.07, 6.45) is 5.33. The summed E-state index contributed by atoms with van der Waals surface area (Å²) in [6.45, 7) is 4.01. The van der Waals surface area contributed by atoms with Gasteiger partial charge in [-0.25, -0.2) is 9.78 Å². The van der Waals surface area contributed by atoms with Gasteiger partial charge < -0.3 is 15.1 Å². The average Bonchev–Trinajstić information content (AvgIpc) is 3.17. The molecule has 32 heavy (non-hydrogen) atoms. The molecular formula is C24H20N6O2. The number of aromatic nitrogens is 4. The smallest absolute Gasteiger partial charge is 0.408 e. The monoisotopic (exact) mass is 424 g/mol. The van der Waals surface area contributed by atoms with Crippen molar-refractivity contribution in [3.8, 4) is 11.1 Å². The van der Waals surface area contributed by atoms with E-state index in [0.717, 1.165) is 28.1 Å². The topological polar surface area (TPSA) is 109 Å². The van der Waals surface area contributed by atoms with Crippen molar-refractivity contribution in [1.29, 1.82) is 0 Å². The number of anilines is 4. The fourth-order valence-corrected chi connectivity index (χ4v) is 3.47. The highest BCUT2D eigenvalue weighted by Gasteiger charge is 2.09. The van der Waals surface area contributed by atoms with Crippen LogP contribution >= 0.6 is 0 Å². The van der Waals surface area contributed by atoms with Gasteiger partial charge in [0.05, 0.1) is 5.52 Å². The van der Waals surface area contributed by atoms with Crippen molar-refractivity contribution in [2.45, 2.75) is 13.8 Å². The normalized spacial score (nSPS) is 10.9. The Kier molecular flexibility index (Phi) is 4.87. The Balaban J connectivity index is 1.42. The first kappa shape index (κ1) is 19.5. The van der Waals surface area contributed by atoms with Crippen molar-refractivity contribution in [3.05, 3.63) is 88.8 Å². The van der Waals surface area contributed by atoms with Crippen molar-refractivity contribution in [2.75, 3.05) is 10.6 Å². The van der Waals surface area contributed by atoms with Crippen LogP contribution in [-0.4, -0.2) is 19.9 Å². The van der Waals surface area contributed by atoms with Gasteiger partial charge in [-0.2, -0.15) is 4.98 Å². The second-order valence-electron chi connectivity index (χ2n) is 7.47. The van der Waals surface area contributed by atoms with Crippen LogP contribution in [-0.2, 0) is 0 Å². The SMILES string of the molecule is Cc1ccc(Nc2ncc(C)c(Nc3ccc4oc(=O)[nH]c4c3)n2)cc1-c1ccncc1. The molecule has 8 nitrogen and oxygen atoms in total. The number of hydrogen-bond acceptors (Lipinski definition) is 7. The third-order valence-electron chi connectivity index (χ3n) is 5.14. The Labute approximate surface area is 183 Å². The van der Waals surface area contributed by atoms with Gasteiger partial charge in [0.25, 0.3) is 0 Å². The Morgan fingerprint density at radius 3 is 2.53 bits per heavy atom. The number of rotatable bonds is 5. The summed E-state index contributed by atoms with van der Waals surface area (Å²) in [6, 6.07) is 15.5. The summed E-state index contributed by atoms with van der Waals surface area (Å²) in [7, 11) is 0. The van der Waals surface area contributed by atoms with Crippen molar-refractivity contribution in [1.82, 2.24) is 19.9 Å². The number of pyridine rings is 1. The summed E-state index contributed by atoms with van der Waals surface area (Å²) in [5.41, 5.74) is 7.05. The first-order valence-electron chi connectivity index (χ1n) is 10.1. The van der Waals surface area contributed by atoms with Crippen LogP contribution in [0.25, 0.3) is 22.2 Å². The zero-order valence-electron chi connectivity index (χ0n) is 17.5. The average molecular weight is 424 g/mol. The number of hydrogen-bond donors (Lipinski definition) is 3. The van der Waals surface area contributed by atoms with Crippen LogP contribution in [0.2, 0.25) is 0 Å². The standard InChI is InChI=1S/C24H20N6O2/c1-14-3-4-17(11-19(14)16-7-9-25-10-8-16)28-23-26-13-15(2)22(30-23)27-18-5-6-21-20(12-18)29-24(31)32-21/h3-13H,1-2H3,(H,29,31)(H2,26,27,28,30). The molecule has 8 heteroatoms. The molecule has 0 saturated heterocycles. The molecule has 0 aliphatic carbocycles. The van der Waals surface area contributed by atoms with Crippen LogP contribution < -0.4 is 16.4 Å². The van der Waals surface area contributed by atoms with Gasteiger partial charge in [-0.05, 0) is 73.0 Å². The van der Waals surface area contributed by atoms with Crippen LogP contribution in [0.5, 0.6) is 0 Å². The van der Waals surface area contributed by atoms with Gasteiger partial charge >= 0.3 is 5.76 Å². The van der Waals surface area contributed by atoms with E-state index in [1.165, 1.54) is 5.56 Å². The molecule has 2 aromatic carbocycles. The minimum absolute atomic E-state index is 0.473. The number of fused-ring (bicyclic) bond motifs is 1. The molecule has 0 fully saturated rings. The number of aromatic amines is 1. The van der Waals surface area contributed by atoms with E-state index < -0.39 is 5.76 Å². The van der Waals surface area contributed by atoms with E-state index in [1.807, 2.05) is 31.2 Å². The van der Waals surface area contributed by atoms with Crippen LogP contribution in [0.3, 0.4) is 0 Å². The Morgan fingerprint density at radius 2 is 1.69 bits per heavy atom. The van der Waals surface area contributed by atoms with Gasteiger partial charge in [0.15, 0.2) is 5.58 Å². The van der Waals surface area contributed by atoms with E-state index in [0.29, 0.717) is 22.9 Å². The fraction of sp³-hybridized carbons (Fsp3) is 0.0833. The summed E-state index contributed by atoms with van der Waals surface area (Å²) in [5.74, 6) is 0.653. The Morgan fingerprint density at radius 1 is 0.906 bits per heavy atom.